The first kappa shape index (κ1) is 21.6. The molecule has 30 heavy (non-hydrogen) atoms. The van der Waals surface area contributed by atoms with E-state index in [2.05, 4.69) is 20.9 Å². The quantitative estimate of drug-likeness (QED) is 0.507. The maximum atomic E-state index is 13.3. The Hall–Kier alpha value is -3.13. The summed E-state index contributed by atoms with van der Waals surface area (Å²) in [5.41, 5.74) is 2.10. The third-order valence-electron chi connectivity index (χ3n) is 4.90. The van der Waals surface area contributed by atoms with Crippen LogP contribution in [-0.4, -0.2) is 31.0 Å². The van der Waals surface area contributed by atoms with Gasteiger partial charge in [0.1, 0.15) is 0 Å². The maximum Gasteiger partial charge on any atom is 0.417 e. The zero-order valence-corrected chi connectivity index (χ0v) is 16.9. The summed E-state index contributed by atoms with van der Waals surface area (Å²) in [6, 6.07) is 9.97. The van der Waals surface area contributed by atoms with Crippen molar-refractivity contribution in [3.05, 3.63) is 64.8 Å². The summed E-state index contributed by atoms with van der Waals surface area (Å²) in [6.07, 6.45) is -4.62. The second-order valence-electron chi connectivity index (χ2n) is 6.93. The Labute approximate surface area is 172 Å². The minimum absolute atomic E-state index is 0.356. The van der Waals surface area contributed by atoms with Crippen molar-refractivity contribution in [2.45, 2.75) is 20.0 Å². The number of para-hydroxylation sites is 1. The van der Waals surface area contributed by atoms with Gasteiger partial charge in [-0.2, -0.15) is 13.2 Å². The van der Waals surface area contributed by atoms with Gasteiger partial charge in [-0.15, -0.1) is 0 Å². The summed E-state index contributed by atoms with van der Waals surface area (Å²) >= 11 is 0. The van der Waals surface area contributed by atoms with Crippen molar-refractivity contribution < 1.29 is 18.0 Å². The van der Waals surface area contributed by atoms with Crippen molar-refractivity contribution in [1.29, 1.82) is 0 Å². The lowest BCUT2D eigenvalue weighted by Crippen LogP contribution is -2.19. The fourth-order valence-corrected chi connectivity index (χ4v) is 3.26. The highest BCUT2D eigenvalue weighted by Gasteiger charge is 2.35. The average Bonchev–Trinajstić information content (AvgIpc) is 2.71. The Morgan fingerprint density at radius 3 is 2.47 bits per heavy atom. The second kappa shape index (κ2) is 8.71. The number of carbonyl (C=O) groups excluding carboxylic acids is 1. The van der Waals surface area contributed by atoms with Crippen molar-refractivity contribution in [1.82, 2.24) is 10.3 Å². The maximum absolute atomic E-state index is 13.3. The highest BCUT2D eigenvalue weighted by atomic mass is 19.4. The van der Waals surface area contributed by atoms with E-state index in [9.17, 15) is 18.0 Å². The minimum atomic E-state index is -4.62. The standard InChI is InChI=1S/C22H23F3N4O/c1-13-14(2)28-20-16(19(13)27-12-11-26-3)8-6-10-18(20)29-21(30)15-7-4-5-9-17(15)22(23,24)25/h4-10,26H,11-12H2,1-3H3,(H,27,28)(H,29,30). The van der Waals surface area contributed by atoms with Gasteiger partial charge in [-0.05, 0) is 44.7 Å². The Morgan fingerprint density at radius 1 is 1.03 bits per heavy atom. The number of aromatic nitrogens is 1. The van der Waals surface area contributed by atoms with Gasteiger partial charge in [0.2, 0.25) is 0 Å². The topological polar surface area (TPSA) is 66.1 Å². The van der Waals surface area contributed by atoms with E-state index in [0.717, 1.165) is 41.0 Å². The lowest BCUT2D eigenvalue weighted by atomic mass is 10.0. The molecule has 0 unspecified atom stereocenters. The van der Waals surface area contributed by atoms with Crippen LogP contribution >= 0.6 is 0 Å². The van der Waals surface area contributed by atoms with Crippen molar-refractivity contribution in [3.8, 4) is 0 Å². The zero-order valence-electron chi connectivity index (χ0n) is 16.9. The number of hydrogen-bond donors (Lipinski definition) is 3. The van der Waals surface area contributed by atoms with Gasteiger partial charge in [-0.1, -0.05) is 24.3 Å². The number of carbonyl (C=O) groups is 1. The normalized spacial score (nSPS) is 11.5. The molecule has 5 nitrogen and oxygen atoms in total. The van der Waals surface area contributed by atoms with Crippen LogP contribution in [0.1, 0.15) is 27.2 Å². The predicted molar refractivity (Wildman–Crippen MR) is 113 cm³/mol. The number of hydrogen-bond acceptors (Lipinski definition) is 4. The van der Waals surface area contributed by atoms with Crippen LogP contribution in [0.3, 0.4) is 0 Å². The predicted octanol–water partition coefficient (Wildman–Crippen LogP) is 4.75. The average molecular weight is 416 g/mol. The molecule has 0 aliphatic carbocycles. The van der Waals surface area contributed by atoms with E-state index in [0.29, 0.717) is 17.7 Å². The van der Waals surface area contributed by atoms with E-state index >= 15 is 0 Å². The summed E-state index contributed by atoms with van der Waals surface area (Å²) in [5, 5.41) is 9.84. The summed E-state index contributed by atoms with van der Waals surface area (Å²) in [4.78, 5) is 17.3. The van der Waals surface area contributed by atoms with Crippen molar-refractivity contribution in [3.63, 3.8) is 0 Å². The third-order valence-corrected chi connectivity index (χ3v) is 4.90. The monoisotopic (exact) mass is 416 g/mol. The molecule has 8 heteroatoms. The number of fused-ring (bicyclic) bond motifs is 1. The van der Waals surface area contributed by atoms with E-state index in [1.165, 1.54) is 12.1 Å². The van der Waals surface area contributed by atoms with Gasteiger partial charge in [0.25, 0.3) is 5.91 Å². The molecular weight excluding hydrogens is 393 g/mol. The molecule has 3 aromatic rings. The SMILES string of the molecule is CNCCNc1c(C)c(C)nc2c(NC(=O)c3ccccc3C(F)(F)F)cccc12. The smallest absolute Gasteiger partial charge is 0.383 e. The van der Waals surface area contributed by atoms with Gasteiger partial charge >= 0.3 is 6.18 Å². The Morgan fingerprint density at radius 2 is 1.77 bits per heavy atom. The molecule has 0 aliphatic heterocycles. The number of benzene rings is 2. The van der Waals surface area contributed by atoms with E-state index in [1.807, 2.05) is 27.0 Å². The number of alkyl halides is 3. The van der Waals surface area contributed by atoms with Crippen LogP contribution in [0, 0.1) is 13.8 Å². The first-order valence-corrected chi connectivity index (χ1v) is 9.50. The molecule has 0 saturated carbocycles. The largest absolute Gasteiger partial charge is 0.417 e. The molecule has 0 spiro atoms. The van der Waals surface area contributed by atoms with Gasteiger partial charge in [0, 0.05) is 29.9 Å². The Bertz CT molecular complexity index is 1080. The van der Waals surface area contributed by atoms with Crippen LogP contribution in [0.2, 0.25) is 0 Å². The molecule has 1 amide bonds. The summed E-state index contributed by atoms with van der Waals surface area (Å²) in [7, 11) is 1.86. The van der Waals surface area contributed by atoms with E-state index in [-0.39, 0.29) is 0 Å². The Kier molecular flexibility index (Phi) is 6.26. The molecule has 0 aliphatic rings. The summed E-state index contributed by atoms with van der Waals surface area (Å²) in [5.74, 6) is -0.833. The zero-order chi connectivity index (χ0) is 21.9. The molecule has 3 N–H and O–H groups in total. The van der Waals surface area contributed by atoms with Crippen molar-refractivity contribution >= 4 is 28.2 Å². The lowest BCUT2D eigenvalue weighted by Gasteiger charge is -2.17. The number of nitrogens with zero attached hydrogens (tertiary/aromatic N) is 1. The van der Waals surface area contributed by atoms with Gasteiger partial charge in [-0.25, -0.2) is 0 Å². The summed E-state index contributed by atoms with van der Waals surface area (Å²) in [6.45, 7) is 5.25. The van der Waals surface area contributed by atoms with E-state index in [4.69, 9.17) is 0 Å². The van der Waals surface area contributed by atoms with E-state index in [1.54, 1.807) is 12.1 Å². The minimum Gasteiger partial charge on any atom is -0.383 e. The highest BCUT2D eigenvalue weighted by molar-refractivity contribution is 6.10. The molecule has 0 bridgehead atoms. The molecular formula is C22H23F3N4O. The Balaban J connectivity index is 2.03. The first-order chi connectivity index (χ1) is 14.2. The molecule has 0 radical (unpaired) electrons. The highest BCUT2D eigenvalue weighted by Crippen LogP contribution is 2.34. The molecule has 2 aromatic carbocycles. The van der Waals surface area contributed by atoms with Crippen LogP contribution in [-0.2, 0) is 6.18 Å². The number of rotatable bonds is 6. The molecule has 0 saturated heterocycles. The number of halogens is 3. The van der Waals surface area contributed by atoms with Crippen molar-refractivity contribution in [2.24, 2.45) is 0 Å². The fourth-order valence-electron chi connectivity index (χ4n) is 3.26. The number of nitrogens with one attached hydrogen (secondary N) is 3. The number of aryl methyl sites for hydroxylation is 1. The number of amides is 1. The fraction of sp³-hybridized carbons (Fsp3) is 0.273. The molecule has 1 heterocycles. The molecule has 0 fully saturated rings. The van der Waals surface area contributed by atoms with Gasteiger partial charge in [0.15, 0.2) is 0 Å². The molecule has 1 aromatic heterocycles. The van der Waals surface area contributed by atoms with Gasteiger partial charge < -0.3 is 16.0 Å². The number of likely N-dealkylation sites (N-methyl/N-ethyl adjacent to an activating group) is 1. The second-order valence-corrected chi connectivity index (χ2v) is 6.93. The van der Waals surface area contributed by atoms with Crippen LogP contribution in [0.15, 0.2) is 42.5 Å². The van der Waals surface area contributed by atoms with E-state index < -0.39 is 23.2 Å². The molecule has 0 atom stereocenters. The first-order valence-electron chi connectivity index (χ1n) is 9.50. The summed E-state index contributed by atoms with van der Waals surface area (Å²) < 4.78 is 39.9. The third kappa shape index (κ3) is 4.38. The molecule has 3 rings (SSSR count). The van der Waals surface area contributed by atoms with Crippen LogP contribution in [0.5, 0.6) is 0 Å². The lowest BCUT2D eigenvalue weighted by molar-refractivity contribution is -0.137. The van der Waals surface area contributed by atoms with Crippen LogP contribution in [0.25, 0.3) is 10.9 Å². The number of anilines is 2. The molecule has 158 valence electrons. The van der Waals surface area contributed by atoms with Gasteiger partial charge in [-0.3, -0.25) is 9.78 Å². The van der Waals surface area contributed by atoms with Crippen molar-refractivity contribution in [2.75, 3.05) is 30.8 Å². The number of pyridine rings is 1. The van der Waals surface area contributed by atoms with Crippen LogP contribution < -0.4 is 16.0 Å². The van der Waals surface area contributed by atoms with Crippen LogP contribution in [0.4, 0.5) is 24.5 Å². The van der Waals surface area contributed by atoms with Gasteiger partial charge in [0.05, 0.1) is 22.3 Å².